The first-order valence-electron chi connectivity index (χ1n) is 2.61. The zero-order valence-corrected chi connectivity index (χ0v) is 4.74. The molecule has 0 amide bonds. The fourth-order valence-electron chi connectivity index (χ4n) is 0.755. The molecule has 5 nitrogen and oxygen atoms in total. The standard InChI is InChI=1S/C4H6N2O3/c7-4-1-2-5(3-4)6(8)9/h1-3H2. The number of nitro groups is 1. The van der Waals surface area contributed by atoms with Crippen molar-refractivity contribution in [2.24, 2.45) is 0 Å². The van der Waals surface area contributed by atoms with Crippen LogP contribution >= 0.6 is 0 Å². The van der Waals surface area contributed by atoms with Crippen molar-refractivity contribution in [3.63, 3.8) is 0 Å². The molecule has 0 saturated carbocycles. The number of ketones is 1. The molecule has 0 N–H and O–H groups in total. The van der Waals surface area contributed by atoms with Gasteiger partial charge >= 0.3 is 0 Å². The fraction of sp³-hybridized carbons (Fsp3) is 0.750. The molecule has 0 unspecified atom stereocenters. The van der Waals surface area contributed by atoms with Crippen LogP contribution in [0.25, 0.3) is 0 Å². The molecule has 1 rings (SSSR count). The number of carbonyl (C=O) groups is 1. The molecule has 0 spiro atoms. The predicted octanol–water partition coefficient (Wildman–Crippen LogP) is -0.547. The topological polar surface area (TPSA) is 63.5 Å². The van der Waals surface area contributed by atoms with Gasteiger partial charge in [0.25, 0.3) is 0 Å². The molecule has 1 fully saturated rings. The minimum Gasteiger partial charge on any atom is -0.297 e. The molecule has 1 heterocycles. The Hall–Kier alpha value is -1.13. The van der Waals surface area contributed by atoms with Crippen LogP contribution in [-0.4, -0.2) is 28.9 Å². The molecule has 0 bridgehead atoms. The number of carbonyl (C=O) groups excluding carboxylic acids is 1. The van der Waals surface area contributed by atoms with Crippen molar-refractivity contribution in [2.75, 3.05) is 13.1 Å². The normalized spacial score (nSPS) is 18.7. The Bertz CT molecular complexity index is 156. The Balaban J connectivity index is 2.48. The van der Waals surface area contributed by atoms with Gasteiger partial charge < -0.3 is 0 Å². The SMILES string of the molecule is O=C1CCN([N+](=O)[O-])C1. The van der Waals surface area contributed by atoms with Gasteiger partial charge in [0, 0.05) is 6.42 Å². The number of hydrogen-bond donors (Lipinski definition) is 0. The first-order valence-corrected chi connectivity index (χ1v) is 2.61. The highest BCUT2D eigenvalue weighted by atomic mass is 16.7. The average molecular weight is 130 g/mol. The lowest BCUT2D eigenvalue weighted by Gasteiger charge is -2.00. The van der Waals surface area contributed by atoms with Crippen molar-refractivity contribution < 1.29 is 9.83 Å². The number of nitrogens with zero attached hydrogens (tertiary/aromatic N) is 2. The lowest BCUT2D eigenvalue weighted by atomic mass is 10.4. The smallest absolute Gasteiger partial charge is 0.160 e. The Morgan fingerprint density at radius 3 is 2.56 bits per heavy atom. The summed E-state index contributed by atoms with van der Waals surface area (Å²) in [6, 6.07) is 0. The van der Waals surface area contributed by atoms with E-state index in [0.29, 0.717) is 6.42 Å². The summed E-state index contributed by atoms with van der Waals surface area (Å²) >= 11 is 0. The van der Waals surface area contributed by atoms with E-state index in [1.54, 1.807) is 0 Å². The molecule has 0 aromatic heterocycles. The van der Waals surface area contributed by atoms with Crippen molar-refractivity contribution >= 4 is 5.78 Å². The van der Waals surface area contributed by atoms with Crippen molar-refractivity contribution in [1.29, 1.82) is 0 Å². The Morgan fingerprint density at radius 2 is 2.33 bits per heavy atom. The maximum atomic E-state index is 10.4. The zero-order chi connectivity index (χ0) is 6.85. The molecule has 0 aromatic carbocycles. The number of rotatable bonds is 1. The minimum atomic E-state index is -0.537. The van der Waals surface area contributed by atoms with Gasteiger partial charge in [0.15, 0.2) is 10.8 Å². The summed E-state index contributed by atoms with van der Waals surface area (Å²) < 4.78 is 0. The molecule has 9 heavy (non-hydrogen) atoms. The summed E-state index contributed by atoms with van der Waals surface area (Å²) in [6.45, 7) is 0.249. The second-order valence-electron chi connectivity index (χ2n) is 1.91. The third-order valence-electron chi connectivity index (χ3n) is 1.24. The van der Waals surface area contributed by atoms with Crippen LogP contribution in [0.2, 0.25) is 0 Å². The summed E-state index contributed by atoms with van der Waals surface area (Å²) in [5.74, 6) is -0.0494. The quantitative estimate of drug-likeness (QED) is 0.353. The van der Waals surface area contributed by atoms with Gasteiger partial charge in [-0.05, 0) is 0 Å². The van der Waals surface area contributed by atoms with E-state index in [4.69, 9.17) is 0 Å². The fourth-order valence-corrected chi connectivity index (χ4v) is 0.755. The monoisotopic (exact) mass is 130 g/mol. The van der Waals surface area contributed by atoms with Gasteiger partial charge in [0.1, 0.15) is 6.54 Å². The van der Waals surface area contributed by atoms with Crippen LogP contribution in [0, 0.1) is 10.1 Å². The molecule has 50 valence electrons. The Labute approximate surface area is 51.4 Å². The summed E-state index contributed by atoms with van der Waals surface area (Å²) in [5, 5.41) is 10.3. The Kier molecular flexibility index (Phi) is 1.33. The first kappa shape index (κ1) is 6.00. The second kappa shape index (κ2) is 2.00. The lowest BCUT2D eigenvalue weighted by Crippen LogP contribution is -2.27. The van der Waals surface area contributed by atoms with Gasteiger partial charge in [-0.1, -0.05) is 0 Å². The maximum Gasteiger partial charge on any atom is 0.160 e. The molecular weight excluding hydrogens is 124 g/mol. The molecule has 0 radical (unpaired) electrons. The molecule has 5 heteroatoms. The molecule has 1 saturated heterocycles. The number of hydrazine groups is 1. The van der Waals surface area contributed by atoms with Gasteiger partial charge in [0.2, 0.25) is 0 Å². The number of Topliss-reactive ketones (excluding diaryl/α,β-unsaturated/α-hetero) is 1. The summed E-state index contributed by atoms with van der Waals surface area (Å²) in [4.78, 5) is 20.3. The highest BCUT2D eigenvalue weighted by molar-refractivity contribution is 5.82. The molecule has 0 aromatic rings. The third-order valence-corrected chi connectivity index (χ3v) is 1.24. The van der Waals surface area contributed by atoms with Gasteiger partial charge in [-0.15, -0.1) is 5.01 Å². The van der Waals surface area contributed by atoms with E-state index in [2.05, 4.69) is 0 Å². The van der Waals surface area contributed by atoms with Gasteiger partial charge in [-0.25, -0.2) is 10.1 Å². The van der Waals surface area contributed by atoms with Crippen LogP contribution < -0.4 is 0 Å². The molecule has 0 aliphatic carbocycles. The van der Waals surface area contributed by atoms with E-state index < -0.39 is 5.03 Å². The molecule has 0 atom stereocenters. The van der Waals surface area contributed by atoms with Crippen molar-refractivity contribution in [1.82, 2.24) is 5.01 Å². The van der Waals surface area contributed by atoms with E-state index in [1.165, 1.54) is 0 Å². The van der Waals surface area contributed by atoms with Crippen LogP contribution in [0.4, 0.5) is 0 Å². The second-order valence-corrected chi connectivity index (χ2v) is 1.91. The van der Waals surface area contributed by atoms with Gasteiger partial charge in [0.05, 0.1) is 6.54 Å². The predicted molar refractivity (Wildman–Crippen MR) is 28.2 cm³/mol. The van der Waals surface area contributed by atoms with Crippen molar-refractivity contribution in [3.8, 4) is 0 Å². The Morgan fingerprint density at radius 1 is 1.67 bits per heavy atom. The maximum absolute atomic E-state index is 10.4. The van der Waals surface area contributed by atoms with Crippen LogP contribution in [0.1, 0.15) is 6.42 Å². The van der Waals surface area contributed by atoms with Gasteiger partial charge in [-0.2, -0.15) is 0 Å². The van der Waals surface area contributed by atoms with E-state index in [-0.39, 0.29) is 18.9 Å². The molecule has 1 aliphatic rings. The minimum absolute atomic E-state index is 0.0208. The van der Waals surface area contributed by atoms with E-state index >= 15 is 0 Å². The third kappa shape index (κ3) is 1.16. The first-order chi connectivity index (χ1) is 4.20. The van der Waals surface area contributed by atoms with Crippen molar-refractivity contribution in [2.45, 2.75) is 6.42 Å². The highest BCUT2D eigenvalue weighted by Gasteiger charge is 2.25. The van der Waals surface area contributed by atoms with Gasteiger partial charge in [-0.3, -0.25) is 4.79 Å². The summed E-state index contributed by atoms with van der Waals surface area (Å²) in [5.41, 5.74) is 0. The zero-order valence-electron chi connectivity index (χ0n) is 4.74. The largest absolute Gasteiger partial charge is 0.297 e. The molecule has 1 aliphatic heterocycles. The van der Waals surface area contributed by atoms with Crippen LogP contribution in [0.15, 0.2) is 0 Å². The number of hydrogen-bond acceptors (Lipinski definition) is 3. The van der Waals surface area contributed by atoms with E-state index in [9.17, 15) is 14.9 Å². The van der Waals surface area contributed by atoms with Crippen LogP contribution in [0.5, 0.6) is 0 Å². The van der Waals surface area contributed by atoms with Crippen molar-refractivity contribution in [3.05, 3.63) is 10.1 Å². The average Bonchev–Trinajstić information content (AvgIpc) is 2.14. The highest BCUT2D eigenvalue weighted by Crippen LogP contribution is 2.02. The summed E-state index contributed by atoms with van der Waals surface area (Å²) in [6.07, 6.45) is 0.320. The van der Waals surface area contributed by atoms with Crippen LogP contribution in [-0.2, 0) is 4.79 Å². The van der Waals surface area contributed by atoms with E-state index in [1.807, 2.05) is 0 Å². The van der Waals surface area contributed by atoms with E-state index in [0.717, 1.165) is 5.01 Å². The lowest BCUT2D eigenvalue weighted by molar-refractivity contribution is -0.649. The van der Waals surface area contributed by atoms with Crippen LogP contribution in [0.3, 0.4) is 0 Å². The summed E-state index contributed by atoms with van der Waals surface area (Å²) in [7, 11) is 0. The molecular formula is C4H6N2O3.